The normalized spacial score (nSPS) is 15.9. The maximum atomic E-state index is 11.7. The number of nitrogens with zero attached hydrogens (tertiary/aromatic N) is 1. The Morgan fingerprint density at radius 1 is 1.55 bits per heavy atom. The minimum absolute atomic E-state index is 0.158. The summed E-state index contributed by atoms with van der Waals surface area (Å²) in [7, 11) is 0. The van der Waals surface area contributed by atoms with Crippen LogP contribution in [0.3, 0.4) is 0 Å². The molecule has 0 saturated heterocycles. The SMILES string of the molecule is CC(C)NC(C)(CC(C)Sc1ncccc1Cl)C(N)=O. The average molecular weight is 316 g/mol. The Morgan fingerprint density at radius 3 is 2.70 bits per heavy atom. The van der Waals surface area contributed by atoms with Gasteiger partial charge in [0.1, 0.15) is 5.03 Å². The second-order valence-electron chi connectivity index (χ2n) is 5.42. The molecule has 1 amide bonds. The predicted octanol–water partition coefficient (Wildman–Crippen LogP) is 2.85. The monoisotopic (exact) mass is 315 g/mol. The van der Waals surface area contributed by atoms with E-state index in [9.17, 15) is 4.79 Å². The number of rotatable bonds is 7. The van der Waals surface area contributed by atoms with Crippen LogP contribution < -0.4 is 11.1 Å². The van der Waals surface area contributed by atoms with Crippen molar-refractivity contribution in [2.24, 2.45) is 5.73 Å². The number of carbonyl (C=O) groups excluding carboxylic acids is 1. The molecule has 0 aromatic carbocycles. The van der Waals surface area contributed by atoms with Gasteiger partial charge in [0.25, 0.3) is 0 Å². The minimum atomic E-state index is -0.734. The zero-order chi connectivity index (χ0) is 15.3. The molecule has 0 aliphatic heterocycles. The minimum Gasteiger partial charge on any atom is -0.368 e. The first-order chi connectivity index (χ1) is 9.24. The van der Waals surface area contributed by atoms with Gasteiger partial charge in [0.15, 0.2) is 0 Å². The van der Waals surface area contributed by atoms with Crippen LogP contribution in [-0.2, 0) is 4.79 Å². The molecule has 0 aliphatic carbocycles. The van der Waals surface area contributed by atoms with E-state index >= 15 is 0 Å². The van der Waals surface area contributed by atoms with Crippen molar-refractivity contribution in [3.8, 4) is 0 Å². The summed E-state index contributed by atoms with van der Waals surface area (Å²) in [5.41, 5.74) is 4.80. The highest BCUT2D eigenvalue weighted by Gasteiger charge is 2.33. The summed E-state index contributed by atoms with van der Waals surface area (Å²) in [6.07, 6.45) is 2.32. The van der Waals surface area contributed by atoms with E-state index in [2.05, 4.69) is 10.3 Å². The maximum Gasteiger partial charge on any atom is 0.237 e. The van der Waals surface area contributed by atoms with Gasteiger partial charge >= 0.3 is 0 Å². The van der Waals surface area contributed by atoms with Gasteiger partial charge in [-0.3, -0.25) is 4.79 Å². The Morgan fingerprint density at radius 2 is 2.20 bits per heavy atom. The Hall–Kier alpha value is -0.780. The van der Waals surface area contributed by atoms with Gasteiger partial charge in [0, 0.05) is 17.5 Å². The van der Waals surface area contributed by atoms with E-state index < -0.39 is 5.54 Å². The molecule has 112 valence electrons. The number of nitrogens with two attached hydrogens (primary N) is 1. The van der Waals surface area contributed by atoms with Crippen molar-refractivity contribution in [3.63, 3.8) is 0 Å². The second kappa shape index (κ2) is 7.29. The molecule has 0 aliphatic rings. The van der Waals surface area contributed by atoms with Crippen molar-refractivity contribution < 1.29 is 4.79 Å². The Balaban J connectivity index is 2.74. The van der Waals surface area contributed by atoms with Crippen LogP contribution in [-0.4, -0.2) is 27.7 Å². The van der Waals surface area contributed by atoms with Crippen molar-refractivity contribution in [2.75, 3.05) is 0 Å². The fourth-order valence-corrected chi connectivity index (χ4v) is 3.49. The highest BCUT2D eigenvalue weighted by molar-refractivity contribution is 7.99. The largest absolute Gasteiger partial charge is 0.368 e. The molecule has 2 unspecified atom stereocenters. The number of carbonyl (C=O) groups is 1. The number of hydrogen-bond donors (Lipinski definition) is 2. The number of halogens is 1. The molecule has 1 aromatic heterocycles. The fourth-order valence-electron chi connectivity index (χ4n) is 2.13. The van der Waals surface area contributed by atoms with Crippen LogP contribution in [0.25, 0.3) is 0 Å². The van der Waals surface area contributed by atoms with Gasteiger partial charge in [-0.1, -0.05) is 18.5 Å². The summed E-state index contributed by atoms with van der Waals surface area (Å²) in [5, 5.41) is 4.81. The highest BCUT2D eigenvalue weighted by Crippen LogP contribution is 2.31. The summed E-state index contributed by atoms with van der Waals surface area (Å²) in [6, 6.07) is 3.79. The molecular weight excluding hydrogens is 294 g/mol. The van der Waals surface area contributed by atoms with Crippen LogP contribution in [0.15, 0.2) is 23.4 Å². The zero-order valence-corrected chi connectivity index (χ0v) is 13.9. The fraction of sp³-hybridized carbons (Fsp3) is 0.571. The molecular formula is C14H22ClN3OS. The Labute approximate surface area is 129 Å². The molecule has 6 heteroatoms. The van der Waals surface area contributed by atoms with E-state index in [0.29, 0.717) is 11.4 Å². The number of hydrogen-bond acceptors (Lipinski definition) is 4. The van der Waals surface area contributed by atoms with Gasteiger partial charge in [0.05, 0.1) is 10.6 Å². The van der Waals surface area contributed by atoms with Crippen molar-refractivity contribution in [1.82, 2.24) is 10.3 Å². The van der Waals surface area contributed by atoms with Gasteiger partial charge in [-0.05, 0) is 39.3 Å². The van der Waals surface area contributed by atoms with Crippen LogP contribution in [0.5, 0.6) is 0 Å². The molecule has 0 bridgehead atoms. The summed E-state index contributed by atoms with van der Waals surface area (Å²) >= 11 is 7.65. The predicted molar refractivity (Wildman–Crippen MR) is 85.1 cm³/mol. The zero-order valence-electron chi connectivity index (χ0n) is 12.3. The summed E-state index contributed by atoms with van der Waals surface area (Å²) in [5.74, 6) is -0.342. The number of aromatic nitrogens is 1. The summed E-state index contributed by atoms with van der Waals surface area (Å²) in [6.45, 7) is 7.87. The first-order valence-electron chi connectivity index (χ1n) is 6.59. The van der Waals surface area contributed by atoms with Gasteiger partial charge in [0.2, 0.25) is 5.91 Å². The molecule has 0 spiro atoms. The van der Waals surface area contributed by atoms with Gasteiger partial charge in [-0.25, -0.2) is 4.98 Å². The molecule has 0 radical (unpaired) electrons. The van der Waals surface area contributed by atoms with Crippen LogP contribution >= 0.6 is 23.4 Å². The quantitative estimate of drug-likeness (QED) is 0.759. The van der Waals surface area contributed by atoms with E-state index in [-0.39, 0.29) is 17.2 Å². The number of amides is 1. The molecule has 2 atom stereocenters. The third-order valence-corrected chi connectivity index (χ3v) is 4.42. The van der Waals surface area contributed by atoms with Crippen molar-refractivity contribution in [3.05, 3.63) is 23.4 Å². The first-order valence-corrected chi connectivity index (χ1v) is 7.85. The van der Waals surface area contributed by atoms with E-state index in [4.69, 9.17) is 17.3 Å². The number of primary amides is 1. The molecule has 1 aromatic rings. The van der Waals surface area contributed by atoms with Crippen LogP contribution in [0, 0.1) is 0 Å². The molecule has 0 fully saturated rings. The van der Waals surface area contributed by atoms with E-state index in [1.165, 1.54) is 0 Å². The number of pyridine rings is 1. The smallest absolute Gasteiger partial charge is 0.237 e. The Bertz CT molecular complexity index is 469. The van der Waals surface area contributed by atoms with Gasteiger partial charge in [-0.15, -0.1) is 11.8 Å². The van der Waals surface area contributed by atoms with Gasteiger partial charge < -0.3 is 11.1 Å². The molecule has 4 nitrogen and oxygen atoms in total. The molecule has 0 saturated carbocycles. The molecule has 1 heterocycles. The van der Waals surface area contributed by atoms with Crippen LogP contribution in [0.4, 0.5) is 0 Å². The average Bonchev–Trinajstić information content (AvgIpc) is 2.30. The third-order valence-electron chi connectivity index (χ3n) is 2.88. The van der Waals surface area contributed by atoms with E-state index in [0.717, 1.165) is 5.03 Å². The van der Waals surface area contributed by atoms with E-state index in [1.807, 2.05) is 33.8 Å². The third kappa shape index (κ3) is 4.96. The maximum absolute atomic E-state index is 11.7. The van der Waals surface area contributed by atoms with E-state index in [1.54, 1.807) is 24.0 Å². The standard InChI is InChI=1S/C14H22ClN3OS/c1-9(2)18-14(4,13(16)19)8-10(3)20-12-11(15)6-5-7-17-12/h5-7,9-10,18H,8H2,1-4H3,(H2,16,19). The molecule has 1 rings (SSSR count). The van der Waals surface area contributed by atoms with Crippen molar-refractivity contribution in [1.29, 1.82) is 0 Å². The highest BCUT2D eigenvalue weighted by atomic mass is 35.5. The first kappa shape index (κ1) is 17.3. The van der Waals surface area contributed by atoms with Gasteiger partial charge in [-0.2, -0.15) is 0 Å². The lowest BCUT2D eigenvalue weighted by molar-refractivity contribution is -0.124. The summed E-state index contributed by atoms with van der Waals surface area (Å²) in [4.78, 5) is 16.0. The van der Waals surface area contributed by atoms with Crippen molar-refractivity contribution in [2.45, 2.75) is 56.0 Å². The summed E-state index contributed by atoms with van der Waals surface area (Å²) < 4.78 is 0. The van der Waals surface area contributed by atoms with Crippen molar-refractivity contribution >= 4 is 29.3 Å². The number of nitrogens with one attached hydrogen (secondary N) is 1. The lowest BCUT2D eigenvalue weighted by atomic mass is 9.94. The van der Waals surface area contributed by atoms with Crippen LogP contribution in [0.2, 0.25) is 5.02 Å². The Kier molecular flexibility index (Phi) is 6.30. The van der Waals surface area contributed by atoms with Crippen LogP contribution in [0.1, 0.15) is 34.1 Å². The lowest BCUT2D eigenvalue weighted by Crippen LogP contribution is -2.56. The molecule has 20 heavy (non-hydrogen) atoms. The second-order valence-corrected chi connectivity index (χ2v) is 7.25. The topological polar surface area (TPSA) is 68.0 Å². The molecule has 3 N–H and O–H groups in total. The number of thioether (sulfide) groups is 1. The lowest BCUT2D eigenvalue weighted by Gasteiger charge is -2.32.